The summed E-state index contributed by atoms with van der Waals surface area (Å²) in [4.78, 5) is 23.6. The molecule has 2 aromatic carbocycles. The van der Waals surface area contributed by atoms with Crippen LogP contribution >= 0.6 is 22.6 Å². The predicted molar refractivity (Wildman–Crippen MR) is 155 cm³/mol. The van der Waals surface area contributed by atoms with Gasteiger partial charge in [-0.05, 0) is 139 Å². The van der Waals surface area contributed by atoms with Gasteiger partial charge in [-0.25, -0.2) is 9.97 Å². The van der Waals surface area contributed by atoms with E-state index in [1.807, 2.05) is 30.3 Å². The predicted octanol–water partition coefficient (Wildman–Crippen LogP) is 6.37. The lowest BCUT2D eigenvalue weighted by atomic mass is 9.48. The summed E-state index contributed by atoms with van der Waals surface area (Å²) in [5.74, 6) is 3.29. The van der Waals surface area contributed by atoms with Gasteiger partial charge in [-0.2, -0.15) is 0 Å². The van der Waals surface area contributed by atoms with Crippen LogP contribution in [0, 0.1) is 26.7 Å². The fourth-order valence-electron chi connectivity index (χ4n) is 8.25. The van der Waals surface area contributed by atoms with E-state index in [2.05, 4.69) is 40.0 Å². The normalized spacial score (nSPS) is 27.0. The fourth-order valence-corrected chi connectivity index (χ4v) is 8.61. The van der Waals surface area contributed by atoms with Gasteiger partial charge < -0.3 is 11.1 Å². The molecule has 6 heteroatoms. The van der Waals surface area contributed by atoms with Gasteiger partial charge >= 0.3 is 0 Å². The average Bonchev–Trinajstić information content (AvgIpc) is 2.84. The molecule has 1 amide bonds. The van der Waals surface area contributed by atoms with Crippen LogP contribution in [0.25, 0.3) is 11.3 Å². The molecule has 0 spiro atoms. The Morgan fingerprint density at radius 1 is 0.973 bits per heavy atom. The third kappa shape index (κ3) is 4.55. The van der Waals surface area contributed by atoms with Crippen LogP contribution in [0.15, 0.2) is 42.5 Å². The zero-order valence-electron chi connectivity index (χ0n) is 21.1. The van der Waals surface area contributed by atoms with Gasteiger partial charge in [-0.15, -0.1) is 0 Å². The number of nitrogens with one attached hydrogen (secondary N) is 1. The first kappa shape index (κ1) is 23.6. The first-order valence-corrected chi connectivity index (χ1v) is 14.8. The minimum Gasteiger partial charge on any atom is -0.399 e. The van der Waals surface area contributed by atoms with Crippen LogP contribution in [0.4, 0.5) is 11.5 Å². The van der Waals surface area contributed by atoms with Crippen molar-refractivity contribution in [1.82, 2.24) is 9.97 Å². The molecule has 5 aliphatic rings. The highest BCUT2D eigenvalue weighted by Crippen LogP contribution is 2.61. The number of nitrogen functional groups attached to an aromatic ring is 1. The number of hydrogen-bond donors (Lipinski definition) is 2. The second-order valence-electron chi connectivity index (χ2n) is 12.2. The van der Waals surface area contributed by atoms with Crippen molar-refractivity contribution in [3.8, 4) is 11.3 Å². The van der Waals surface area contributed by atoms with E-state index in [0.29, 0.717) is 17.7 Å². The Morgan fingerprint density at radius 2 is 1.68 bits per heavy atom. The van der Waals surface area contributed by atoms with Crippen molar-refractivity contribution in [2.45, 2.75) is 64.2 Å². The van der Waals surface area contributed by atoms with Crippen LogP contribution in [-0.4, -0.2) is 15.9 Å². The van der Waals surface area contributed by atoms with E-state index in [4.69, 9.17) is 15.7 Å². The Hall–Kier alpha value is -2.48. The number of aryl methyl sites for hydroxylation is 2. The number of anilines is 2. The summed E-state index contributed by atoms with van der Waals surface area (Å²) < 4.78 is 1.17. The molecule has 8 rings (SSSR count). The van der Waals surface area contributed by atoms with Crippen molar-refractivity contribution in [3.05, 3.63) is 68.5 Å². The Kier molecular flexibility index (Phi) is 5.79. The maximum Gasteiger partial charge on any atom is 0.229 e. The third-order valence-electron chi connectivity index (χ3n) is 9.30. The summed E-state index contributed by atoms with van der Waals surface area (Å²) in [5, 5.41) is 3.20. The van der Waals surface area contributed by atoms with E-state index < -0.39 is 0 Å². The molecule has 3 aromatic rings. The lowest BCUT2D eigenvalue weighted by Crippen LogP contribution is -2.47. The first-order chi connectivity index (χ1) is 17.9. The summed E-state index contributed by atoms with van der Waals surface area (Å²) in [6, 6.07) is 14.3. The number of carbonyl (C=O) groups excluding carboxylic acids is 1. The number of nitrogens with two attached hydrogens (primary N) is 1. The molecular formula is C31H33IN4O. The number of amides is 1. The van der Waals surface area contributed by atoms with E-state index in [1.165, 1.54) is 47.7 Å². The summed E-state index contributed by atoms with van der Waals surface area (Å²) in [5.41, 5.74) is 13.5. The average molecular weight is 605 g/mol. The number of rotatable bonds is 5. The minimum atomic E-state index is -0.0220. The van der Waals surface area contributed by atoms with Crippen molar-refractivity contribution < 1.29 is 4.79 Å². The van der Waals surface area contributed by atoms with E-state index in [9.17, 15) is 4.79 Å². The van der Waals surface area contributed by atoms with E-state index in [1.54, 1.807) is 0 Å². The van der Waals surface area contributed by atoms with E-state index >= 15 is 0 Å². The molecule has 3 N–H and O–H groups in total. The van der Waals surface area contributed by atoms with Gasteiger partial charge in [0.2, 0.25) is 5.91 Å². The molecule has 1 aromatic heterocycles. The quantitative estimate of drug-likeness (QED) is 0.262. The van der Waals surface area contributed by atoms with Crippen molar-refractivity contribution >= 4 is 40.0 Å². The van der Waals surface area contributed by atoms with Gasteiger partial charge in [-0.1, -0.05) is 18.2 Å². The molecule has 37 heavy (non-hydrogen) atoms. The Labute approximate surface area is 232 Å². The number of halogens is 1. The molecule has 0 atom stereocenters. The Bertz CT molecular complexity index is 1350. The van der Waals surface area contributed by atoms with Gasteiger partial charge in [0.25, 0.3) is 0 Å². The second kappa shape index (κ2) is 9.07. The zero-order valence-corrected chi connectivity index (χ0v) is 23.3. The summed E-state index contributed by atoms with van der Waals surface area (Å²) in [6.07, 6.45) is 11.1. The SMILES string of the molecule is Nc1ccc2c(c1)CCc1nc(NC(=O)Cc3ccc(I)cc3)c(CC34CC5CC(CC(C5)C3)C4)nc1-2. The highest BCUT2D eigenvalue weighted by Gasteiger charge is 2.51. The standard InChI is InChI=1S/C31H33IN4O/c32-23-4-1-18(2-5-23)12-28(37)36-30-27(17-31-14-19-9-20(15-31)11-21(10-19)16-31)34-29-25-7-6-24(33)13-22(25)3-8-26(29)35-30/h1-2,4-7,13,19-21H,3,8-12,14-17,33H2,(H,35,36,37). The molecule has 0 unspecified atom stereocenters. The van der Waals surface area contributed by atoms with Crippen LogP contribution in [0.5, 0.6) is 0 Å². The van der Waals surface area contributed by atoms with Gasteiger partial charge in [0.15, 0.2) is 5.82 Å². The largest absolute Gasteiger partial charge is 0.399 e. The molecular weight excluding hydrogens is 571 g/mol. The third-order valence-corrected chi connectivity index (χ3v) is 10.0. The number of aromatic nitrogens is 2. The van der Waals surface area contributed by atoms with Crippen LogP contribution in [0.2, 0.25) is 0 Å². The molecule has 5 aliphatic carbocycles. The highest BCUT2D eigenvalue weighted by atomic mass is 127. The highest BCUT2D eigenvalue weighted by molar-refractivity contribution is 14.1. The Balaban J connectivity index is 1.24. The number of carbonyl (C=O) groups is 1. The van der Waals surface area contributed by atoms with Crippen LogP contribution in [-0.2, 0) is 30.5 Å². The molecule has 0 radical (unpaired) electrons. The van der Waals surface area contributed by atoms with Crippen LogP contribution in [0.3, 0.4) is 0 Å². The van der Waals surface area contributed by atoms with E-state index in [-0.39, 0.29) is 5.91 Å². The second-order valence-corrected chi connectivity index (χ2v) is 13.4. The summed E-state index contributed by atoms with van der Waals surface area (Å²) in [7, 11) is 0. The van der Waals surface area contributed by atoms with Crippen molar-refractivity contribution in [1.29, 1.82) is 0 Å². The molecule has 5 nitrogen and oxygen atoms in total. The molecule has 0 saturated heterocycles. The van der Waals surface area contributed by atoms with Crippen molar-refractivity contribution in [3.63, 3.8) is 0 Å². The summed E-state index contributed by atoms with van der Waals surface area (Å²) >= 11 is 2.29. The minimum absolute atomic E-state index is 0.0220. The van der Waals surface area contributed by atoms with Crippen LogP contribution < -0.4 is 11.1 Å². The maximum atomic E-state index is 13.2. The lowest BCUT2D eigenvalue weighted by Gasteiger charge is -2.57. The molecule has 4 bridgehead atoms. The van der Waals surface area contributed by atoms with Crippen molar-refractivity contribution in [2.75, 3.05) is 11.1 Å². The van der Waals surface area contributed by atoms with Gasteiger partial charge in [0.05, 0.1) is 23.5 Å². The van der Waals surface area contributed by atoms with Gasteiger partial charge in [0, 0.05) is 14.8 Å². The number of benzene rings is 2. The molecule has 0 aliphatic heterocycles. The van der Waals surface area contributed by atoms with Gasteiger partial charge in [0.1, 0.15) is 0 Å². The van der Waals surface area contributed by atoms with Crippen LogP contribution in [0.1, 0.15) is 61.0 Å². The topological polar surface area (TPSA) is 80.9 Å². The molecule has 1 heterocycles. The lowest BCUT2D eigenvalue weighted by molar-refractivity contribution is -0.115. The number of hydrogen-bond acceptors (Lipinski definition) is 4. The molecule has 190 valence electrons. The number of nitrogens with zero attached hydrogens (tertiary/aromatic N) is 2. The first-order valence-electron chi connectivity index (χ1n) is 13.7. The monoisotopic (exact) mass is 604 g/mol. The maximum absolute atomic E-state index is 13.2. The smallest absolute Gasteiger partial charge is 0.229 e. The summed E-state index contributed by atoms with van der Waals surface area (Å²) in [6.45, 7) is 0. The van der Waals surface area contributed by atoms with E-state index in [0.717, 1.165) is 70.9 Å². The fraction of sp³-hybridized carbons (Fsp3) is 0.452. The van der Waals surface area contributed by atoms with Gasteiger partial charge in [-0.3, -0.25) is 4.79 Å². The molecule has 4 saturated carbocycles. The molecule has 4 fully saturated rings. The zero-order chi connectivity index (χ0) is 25.1. The van der Waals surface area contributed by atoms with Crippen molar-refractivity contribution in [2.24, 2.45) is 23.2 Å². The number of fused-ring (bicyclic) bond motifs is 3. The Morgan fingerprint density at radius 3 is 2.38 bits per heavy atom.